The Hall–Kier alpha value is -1.59. The van der Waals surface area contributed by atoms with E-state index in [1.165, 1.54) is 30.6 Å². The standard InChI is InChI=1S/C21H33N3O3/c1-2-15-9-11-21(12-10-15)19(26)24(20(27)22-21)14-18(25)23-13-5-7-16-6-3-4-8-17(16)23/h15-17H,2-14H2,1H3,(H,22,27). The lowest BCUT2D eigenvalue weighted by Gasteiger charge is -2.44. The van der Waals surface area contributed by atoms with E-state index < -0.39 is 5.54 Å². The molecule has 0 aromatic rings. The number of imide groups is 1. The van der Waals surface area contributed by atoms with E-state index in [0.717, 1.165) is 38.6 Å². The van der Waals surface area contributed by atoms with Gasteiger partial charge >= 0.3 is 6.03 Å². The summed E-state index contributed by atoms with van der Waals surface area (Å²) in [5, 5.41) is 2.95. The van der Waals surface area contributed by atoms with Crippen molar-refractivity contribution in [2.75, 3.05) is 13.1 Å². The van der Waals surface area contributed by atoms with E-state index in [-0.39, 0.29) is 24.4 Å². The van der Waals surface area contributed by atoms with Crippen molar-refractivity contribution in [1.29, 1.82) is 0 Å². The van der Waals surface area contributed by atoms with Crippen LogP contribution in [0.15, 0.2) is 0 Å². The molecule has 4 aliphatic rings. The Bertz CT molecular complexity index is 610. The van der Waals surface area contributed by atoms with Gasteiger partial charge in [0.05, 0.1) is 0 Å². The Kier molecular flexibility index (Phi) is 5.17. The van der Waals surface area contributed by atoms with Gasteiger partial charge in [0.15, 0.2) is 0 Å². The fourth-order valence-electron chi connectivity index (χ4n) is 5.90. The summed E-state index contributed by atoms with van der Waals surface area (Å²) in [6, 6.07) is -0.0600. The average molecular weight is 376 g/mol. The van der Waals surface area contributed by atoms with Crippen LogP contribution in [0.3, 0.4) is 0 Å². The molecule has 6 nitrogen and oxygen atoms in total. The molecule has 2 saturated carbocycles. The second kappa shape index (κ2) is 7.44. The van der Waals surface area contributed by atoms with E-state index in [4.69, 9.17) is 0 Å². The van der Waals surface area contributed by atoms with Crippen LogP contribution >= 0.6 is 0 Å². The van der Waals surface area contributed by atoms with Gasteiger partial charge in [0.2, 0.25) is 5.91 Å². The summed E-state index contributed by atoms with van der Waals surface area (Å²) >= 11 is 0. The van der Waals surface area contributed by atoms with Crippen LogP contribution in [0.25, 0.3) is 0 Å². The van der Waals surface area contributed by atoms with Crippen molar-refractivity contribution in [3.63, 3.8) is 0 Å². The predicted molar refractivity (Wildman–Crippen MR) is 102 cm³/mol. The van der Waals surface area contributed by atoms with Gasteiger partial charge in [-0.25, -0.2) is 4.79 Å². The largest absolute Gasteiger partial charge is 0.338 e. The average Bonchev–Trinajstić information content (AvgIpc) is 2.92. The second-order valence-electron chi connectivity index (χ2n) is 9.10. The van der Waals surface area contributed by atoms with Gasteiger partial charge in [-0.2, -0.15) is 0 Å². The predicted octanol–water partition coefficient (Wildman–Crippen LogP) is 3.06. The Morgan fingerprint density at radius 2 is 1.78 bits per heavy atom. The van der Waals surface area contributed by atoms with Crippen molar-refractivity contribution in [2.45, 2.75) is 89.1 Å². The fourth-order valence-corrected chi connectivity index (χ4v) is 5.90. The van der Waals surface area contributed by atoms with Gasteiger partial charge in [-0.1, -0.05) is 26.2 Å². The molecule has 0 aromatic carbocycles. The monoisotopic (exact) mass is 375 g/mol. The molecule has 2 unspecified atom stereocenters. The van der Waals surface area contributed by atoms with Gasteiger partial charge < -0.3 is 10.2 Å². The summed E-state index contributed by atoms with van der Waals surface area (Å²) < 4.78 is 0. The molecule has 150 valence electrons. The zero-order valence-electron chi connectivity index (χ0n) is 16.5. The van der Waals surface area contributed by atoms with Crippen molar-refractivity contribution < 1.29 is 14.4 Å². The highest BCUT2D eigenvalue weighted by molar-refractivity contribution is 6.09. The number of carbonyl (C=O) groups excluding carboxylic acids is 3. The van der Waals surface area contributed by atoms with Crippen LogP contribution in [0, 0.1) is 11.8 Å². The molecule has 2 heterocycles. The van der Waals surface area contributed by atoms with Crippen molar-refractivity contribution in [3.05, 3.63) is 0 Å². The third-order valence-electron chi connectivity index (χ3n) is 7.64. The Morgan fingerprint density at radius 3 is 2.52 bits per heavy atom. The van der Waals surface area contributed by atoms with Crippen LogP contribution in [0.2, 0.25) is 0 Å². The molecule has 0 aromatic heterocycles. The fraction of sp³-hybridized carbons (Fsp3) is 0.857. The molecule has 2 aliphatic heterocycles. The number of amides is 4. The molecule has 6 heteroatoms. The van der Waals surface area contributed by atoms with Crippen LogP contribution in [0.1, 0.15) is 77.6 Å². The highest BCUT2D eigenvalue weighted by Crippen LogP contribution is 2.38. The van der Waals surface area contributed by atoms with E-state index in [9.17, 15) is 14.4 Å². The normalized spacial score (nSPS) is 36.7. The van der Waals surface area contributed by atoms with Gasteiger partial charge in [-0.15, -0.1) is 0 Å². The minimum atomic E-state index is -0.752. The zero-order valence-corrected chi connectivity index (χ0v) is 16.5. The maximum atomic E-state index is 13.1. The van der Waals surface area contributed by atoms with Crippen LogP contribution < -0.4 is 5.32 Å². The van der Waals surface area contributed by atoms with Gasteiger partial charge in [0.25, 0.3) is 5.91 Å². The van der Waals surface area contributed by atoms with Crippen LogP contribution in [-0.4, -0.2) is 52.3 Å². The lowest BCUT2D eigenvalue weighted by atomic mass is 9.75. The number of rotatable bonds is 3. The molecule has 4 rings (SSSR count). The first kappa shape index (κ1) is 18.8. The third kappa shape index (κ3) is 3.36. The van der Waals surface area contributed by atoms with E-state index in [1.54, 1.807) is 0 Å². The Balaban J connectivity index is 1.42. The first-order valence-corrected chi connectivity index (χ1v) is 11.0. The van der Waals surface area contributed by atoms with Gasteiger partial charge in [-0.3, -0.25) is 14.5 Å². The van der Waals surface area contributed by atoms with Crippen LogP contribution in [0.4, 0.5) is 4.79 Å². The van der Waals surface area contributed by atoms with Gasteiger partial charge in [-0.05, 0) is 63.2 Å². The van der Waals surface area contributed by atoms with Crippen molar-refractivity contribution in [3.8, 4) is 0 Å². The number of nitrogens with one attached hydrogen (secondary N) is 1. The number of likely N-dealkylation sites (tertiary alicyclic amines) is 1. The SMILES string of the molecule is CCC1CCC2(CC1)NC(=O)N(CC(=O)N1CCCC3CCCCC31)C2=O. The maximum Gasteiger partial charge on any atom is 0.325 e. The lowest BCUT2D eigenvalue weighted by Crippen LogP contribution is -2.53. The summed E-state index contributed by atoms with van der Waals surface area (Å²) in [7, 11) is 0. The van der Waals surface area contributed by atoms with E-state index in [2.05, 4.69) is 12.2 Å². The third-order valence-corrected chi connectivity index (χ3v) is 7.64. The minimum Gasteiger partial charge on any atom is -0.338 e. The summed E-state index contributed by atoms with van der Waals surface area (Å²) in [5.74, 6) is 1.03. The second-order valence-corrected chi connectivity index (χ2v) is 9.10. The summed E-state index contributed by atoms with van der Waals surface area (Å²) in [5.41, 5.74) is -0.752. The number of piperidine rings is 1. The van der Waals surface area contributed by atoms with E-state index in [0.29, 0.717) is 30.7 Å². The number of fused-ring (bicyclic) bond motifs is 1. The van der Waals surface area contributed by atoms with E-state index >= 15 is 0 Å². The summed E-state index contributed by atoms with van der Waals surface area (Å²) in [6.07, 6.45) is 11.4. The van der Waals surface area contributed by atoms with Crippen molar-refractivity contribution in [2.24, 2.45) is 11.8 Å². The smallest absolute Gasteiger partial charge is 0.325 e. The number of hydrogen-bond acceptors (Lipinski definition) is 3. The molecule has 4 amide bonds. The van der Waals surface area contributed by atoms with E-state index in [1.807, 2.05) is 4.90 Å². The van der Waals surface area contributed by atoms with Crippen molar-refractivity contribution >= 4 is 17.8 Å². The summed E-state index contributed by atoms with van der Waals surface area (Å²) in [4.78, 5) is 41.8. The number of carbonyl (C=O) groups is 3. The molecule has 2 aliphatic carbocycles. The van der Waals surface area contributed by atoms with Gasteiger partial charge in [0.1, 0.15) is 12.1 Å². The quantitative estimate of drug-likeness (QED) is 0.771. The zero-order chi connectivity index (χ0) is 19.0. The molecular formula is C21H33N3O3. The van der Waals surface area contributed by atoms with Crippen LogP contribution in [-0.2, 0) is 9.59 Å². The number of urea groups is 1. The maximum absolute atomic E-state index is 13.1. The van der Waals surface area contributed by atoms with Gasteiger partial charge in [0, 0.05) is 12.6 Å². The number of nitrogens with zero attached hydrogens (tertiary/aromatic N) is 2. The Morgan fingerprint density at radius 1 is 1.07 bits per heavy atom. The molecule has 0 bridgehead atoms. The molecular weight excluding hydrogens is 342 g/mol. The molecule has 4 fully saturated rings. The topological polar surface area (TPSA) is 69.7 Å². The molecule has 2 saturated heterocycles. The molecule has 2 atom stereocenters. The highest BCUT2D eigenvalue weighted by Gasteiger charge is 2.53. The molecule has 1 N–H and O–H groups in total. The van der Waals surface area contributed by atoms with Crippen molar-refractivity contribution in [1.82, 2.24) is 15.1 Å². The molecule has 0 radical (unpaired) electrons. The molecule has 1 spiro atoms. The Labute approximate surface area is 162 Å². The molecule has 27 heavy (non-hydrogen) atoms. The minimum absolute atomic E-state index is 0.0469. The number of hydrogen-bond donors (Lipinski definition) is 1. The highest BCUT2D eigenvalue weighted by atomic mass is 16.2. The lowest BCUT2D eigenvalue weighted by molar-refractivity contribution is -0.143. The first-order valence-electron chi connectivity index (χ1n) is 11.0. The first-order chi connectivity index (χ1) is 13.0. The van der Waals surface area contributed by atoms with Crippen LogP contribution in [0.5, 0.6) is 0 Å². The summed E-state index contributed by atoms with van der Waals surface area (Å²) in [6.45, 7) is 2.86.